The second-order valence-electron chi connectivity index (χ2n) is 10.1. The first-order valence-electron chi connectivity index (χ1n) is 11.7. The van der Waals surface area contributed by atoms with E-state index < -0.39 is 58.0 Å². The van der Waals surface area contributed by atoms with Crippen molar-refractivity contribution in [1.29, 1.82) is 0 Å². The number of benzene rings is 1. The number of anilines is 1. The first-order chi connectivity index (χ1) is 17.3. The number of hydrogen-bond donors (Lipinski definition) is 6. The number of likely N-dealkylation sites (N-methyl/N-ethyl adjacent to an activating group) is 1. The summed E-state index contributed by atoms with van der Waals surface area (Å²) in [7, 11) is 8.14. The molecule has 3 aliphatic rings. The summed E-state index contributed by atoms with van der Waals surface area (Å²) in [5.41, 5.74) is 6.01. The van der Waals surface area contributed by atoms with Gasteiger partial charge in [-0.05, 0) is 44.5 Å². The SMILES string of the molecule is CONCc1cc(N(C)C)c2c(c1O)C(O)=C1C(=O)[C@]3(O)C(O)=C(C(N)=O)C(=O)[C@@H](N(C)C)[C@@H]3C[C@@H]1C2. The van der Waals surface area contributed by atoms with Crippen LogP contribution in [0.5, 0.6) is 5.75 Å². The summed E-state index contributed by atoms with van der Waals surface area (Å²) in [6.45, 7) is 0.0978. The quantitative estimate of drug-likeness (QED) is 0.215. The first-order valence-corrected chi connectivity index (χ1v) is 11.7. The number of nitrogens with two attached hydrogens (primary N) is 1. The normalized spacial score (nSPS) is 27.3. The molecule has 0 saturated heterocycles. The summed E-state index contributed by atoms with van der Waals surface area (Å²) >= 11 is 0. The maximum atomic E-state index is 13.9. The third-order valence-electron chi connectivity index (χ3n) is 7.66. The standard InChI is InChI=1S/C25H32N4O8/c1-28(2)14-8-11(9-27-37-5)19(30)16-12(14)6-10-7-13-18(29(3)4)21(32)17(24(26)35)23(34)25(13,36)22(33)15(10)20(16)31/h8,10,13,18,27,30-31,34,36H,6-7,9H2,1-5H3,(H2,26,35)/t10-,13-,18-,25-/m0/s1. The highest BCUT2D eigenvalue weighted by atomic mass is 16.6. The number of hydroxylamine groups is 1. The number of Topliss-reactive ketones (excluding diaryl/α,β-unsaturated/α-hetero) is 2. The summed E-state index contributed by atoms with van der Waals surface area (Å²) in [4.78, 5) is 47.3. The molecule has 0 heterocycles. The number of aliphatic hydroxyl groups is 3. The van der Waals surface area contributed by atoms with E-state index in [0.29, 0.717) is 16.8 Å². The summed E-state index contributed by atoms with van der Waals surface area (Å²) in [5, 5.41) is 45.1. The molecule has 3 aliphatic carbocycles. The molecule has 0 unspecified atom stereocenters. The summed E-state index contributed by atoms with van der Waals surface area (Å²) in [6, 6.07) is 0.626. The van der Waals surface area contributed by atoms with Gasteiger partial charge in [-0.2, -0.15) is 5.48 Å². The van der Waals surface area contributed by atoms with E-state index in [0.717, 1.165) is 0 Å². The number of amides is 1. The molecule has 4 atom stereocenters. The van der Waals surface area contributed by atoms with Gasteiger partial charge in [0.15, 0.2) is 11.4 Å². The first kappa shape index (κ1) is 26.6. The van der Waals surface area contributed by atoms with Crippen LogP contribution in [0.25, 0.3) is 5.76 Å². The number of phenolic OH excluding ortho intramolecular Hbond substituents is 1. The van der Waals surface area contributed by atoms with Gasteiger partial charge in [-0.15, -0.1) is 0 Å². The predicted molar refractivity (Wildman–Crippen MR) is 132 cm³/mol. The number of carbonyl (C=O) groups is 3. The molecule has 0 aliphatic heterocycles. The fraction of sp³-hybridized carbons (Fsp3) is 0.480. The zero-order valence-corrected chi connectivity index (χ0v) is 21.3. The fourth-order valence-electron chi connectivity index (χ4n) is 6.03. The maximum Gasteiger partial charge on any atom is 0.255 e. The number of ketones is 2. The Kier molecular flexibility index (Phi) is 6.57. The molecule has 0 spiro atoms. The van der Waals surface area contributed by atoms with Crippen LogP contribution in [0.4, 0.5) is 5.69 Å². The number of nitrogens with zero attached hydrogens (tertiary/aromatic N) is 2. The Hall–Kier alpha value is -3.45. The van der Waals surface area contributed by atoms with Crippen molar-refractivity contribution in [3.8, 4) is 5.75 Å². The maximum absolute atomic E-state index is 13.9. The molecule has 37 heavy (non-hydrogen) atoms. The Bertz CT molecular complexity index is 1270. The van der Waals surface area contributed by atoms with Gasteiger partial charge in [0.25, 0.3) is 5.91 Å². The number of phenols is 1. The Labute approximate surface area is 213 Å². The lowest BCUT2D eigenvalue weighted by Crippen LogP contribution is -2.65. The number of rotatable bonds is 6. The van der Waals surface area contributed by atoms with Crippen LogP contribution in [-0.4, -0.2) is 89.7 Å². The van der Waals surface area contributed by atoms with E-state index in [9.17, 15) is 34.8 Å². The predicted octanol–water partition coefficient (Wildman–Crippen LogP) is -0.319. The number of fused-ring (bicyclic) bond motifs is 3. The van der Waals surface area contributed by atoms with E-state index in [1.54, 1.807) is 34.3 Å². The summed E-state index contributed by atoms with van der Waals surface area (Å²) in [5.74, 6) is -6.76. The fourth-order valence-corrected chi connectivity index (χ4v) is 6.03. The average Bonchev–Trinajstić information content (AvgIpc) is 2.80. The lowest BCUT2D eigenvalue weighted by molar-refractivity contribution is -0.153. The Morgan fingerprint density at radius 1 is 1.22 bits per heavy atom. The molecule has 7 N–H and O–H groups in total. The van der Waals surface area contributed by atoms with Crippen molar-refractivity contribution in [2.24, 2.45) is 17.6 Å². The molecule has 12 heteroatoms. The molecule has 1 fully saturated rings. The molecule has 200 valence electrons. The number of primary amides is 1. The van der Waals surface area contributed by atoms with Crippen molar-refractivity contribution in [3.05, 3.63) is 39.7 Å². The number of aliphatic hydroxyl groups excluding tert-OH is 2. The lowest BCUT2D eigenvalue weighted by atomic mass is 9.57. The number of carbonyl (C=O) groups excluding carboxylic acids is 3. The van der Waals surface area contributed by atoms with E-state index in [1.807, 2.05) is 4.90 Å². The Balaban J connectivity index is 1.98. The van der Waals surface area contributed by atoms with Crippen LogP contribution < -0.4 is 16.1 Å². The molecule has 0 radical (unpaired) electrons. The lowest BCUT2D eigenvalue weighted by Gasteiger charge is -2.50. The van der Waals surface area contributed by atoms with E-state index in [-0.39, 0.29) is 36.3 Å². The van der Waals surface area contributed by atoms with Gasteiger partial charge in [0.05, 0.1) is 18.7 Å². The van der Waals surface area contributed by atoms with Crippen LogP contribution in [0.3, 0.4) is 0 Å². The Morgan fingerprint density at radius 2 is 1.86 bits per heavy atom. The third-order valence-corrected chi connectivity index (χ3v) is 7.66. The summed E-state index contributed by atoms with van der Waals surface area (Å²) < 4.78 is 0. The third kappa shape index (κ3) is 3.71. The molecule has 1 aromatic carbocycles. The van der Waals surface area contributed by atoms with Gasteiger partial charge in [0.2, 0.25) is 5.78 Å². The van der Waals surface area contributed by atoms with Crippen molar-refractivity contribution in [2.75, 3.05) is 40.2 Å². The number of nitrogens with one attached hydrogen (secondary N) is 1. The topological polar surface area (TPSA) is 186 Å². The zero-order valence-electron chi connectivity index (χ0n) is 21.3. The molecular weight excluding hydrogens is 484 g/mol. The van der Waals surface area contributed by atoms with Gasteiger partial charge in [0.1, 0.15) is 22.8 Å². The minimum atomic E-state index is -2.67. The highest BCUT2D eigenvalue weighted by Crippen LogP contribution is 2.54. The summed E-state index contributed by atoms with van der Waals surface area (Å²) in [6.07, 6.45) is 0.250. The van der Waals surface area contributed by atoms with E-state index in [1.165, 1.54) is 12.0 Å². The van der Waals surface area contributed by atoms with Crippen molar-refractivity contribution in [1.82, 2.24) is 10.4 Å². The molecule has 1 aromatic rings. The van der Waals surface area contributed by atoms with Crippen LogP contribution >= 0.6 is 0 Å². The second-order valence-corrected chi connectivity index (χ2v) is 10.1. The van der Waals surface area contributed by atoms with Crippen LogP contribution in [0.1, 0.15) is 23.1 Å². The van der Waals surface area contributed by atoms with Gasteiger partial charge < -0.3 is 35.9 Å². The molecule has 0 bridgehead atoms. The van der Waals surface area contributed by atoms with Crippen LogP contribution in [0, 0.1) is 11.8 Å². The van der Waals surface area contributed by atoms with Crippen molar-refractivity contribution in [3.63, 3.8) is 0 Å². The molecule has 0 aromatic heterocycles. The highest BCUT2D eigenvalue weighted by Gasteiger charge is 2.64. The smallest absolute Gasteiger partial charge is 0.255 e. The largest absolute Gasteiger partial charge is 0.508 e. The van der Waals surface area contributed by atoms with Crippen LogP contribution in [0.15, 0.2) is 23.0 Å². The van der Waals surface area contributed by atoms with Crippen LogP contribution in [-0.2, 0) is 32.2 Å². The van der Waals surface area contributed by atoms with E-state index >= 15 is 0 Å². The molecule has 12 nitrogen and oxygen atoms in total. The minimum absolute atomic E-state index is 0.0341. The van der Waals surface area contributed by atoms with Crippen molar-refractivity contribution >= 4 is 28.9 Å². The van der Waals surface area contributed by atoms with Crippen LogP contribution in [0.2, 0.25) is 0 Å². The molecular formula is C25H32N4O8. The van der Waals surface area contributed by atoms with Gasteiger partial charge in [-0.1, -0.05) is 0 Å². The van der Waals surface area contributed by atoms with Crippen molar-refractivity contribution < 1.29 is 39.6 Å². The van der Waals surface area contributed by atoms with E-state index in [4.69, 9.17) is 10.6 Å². The molecule has 1 amide bonds. The minimum Gasteiger partial charge on any atom is -0.508 e. The zero-order chi connectivity index (χ0) is 27.6. The van der Waals surface area contributed by atoms with Gasteiger partial charge in [-0.3, -0.25) is 19.3 Å². The average molecular weight is 517 g/mol. The molecule has 1 saturated carbocycles. The monoisotopic (exact) mass is 516 g/mol. The molecule has 4 rings (SSSR count). The highest BCUT2D eigenvalue weighted by molar-refractivity contribution is 6.24. The van der Waals surface area contributed by atoms with Gasteiger partial charge in [0, 0.05) is 43.4 Å². The number of aromatic hydroxyl groups is 1. The van der Waals surface area contributed by atoms with Gasteiger partial charge >= 0.3 is 0 Å². The van der Waals surface area contributed by atoms with Crippen molar-refractivity contribution in [2.45, 2.75) is 31.0 Å². The van der Waals surface area contributed by atoms with E-state index in [2.05, 4.69) is 5.48 Å². The second kappa shape index (κ2) is 9.14. The Morgan fingerprint density at radius 3 is 2.41 bits per heavy atom. The van der Waals surface area contributed by atoms with Gasteiger partial charge in [-0.25, -0.2) is 0 Å². The number of hydrogen-bond acceptors (Lipinski definition) is 11.